The Hall–Kier alpha value is -2.49. The van der Waals surface area contributed by atoms with Gasteiger partial charge in [-0.25, -0.2) is 0 Å². The normalized spacial score (nSPS) is 10.6. The topological polar surface area (TPSA) is 37.3 Å². The standard InChI is InChI=1S/C12H14O.C7H6O.C5H7Br/c1-3-10(4-2)12(13)11-8-6-5-7-9-11;8-6-7-4-2-1-3-5-7;1-2-3-4-5-6/h3-10,12-13H,1-2H2;1-6H;2-4H,1,5H2/b;;4-3+. The number of rotatable bonds is 7. The van der Waals surface area contributed by atoms with Crippen molar-refractivity contribution >= 4 is 22.2 Å². The van der Waals surface area contributed by atoms with Crippen LogP contribution in [0, 0.1) is 5.92 Å². The summed E-state index contributed by atoms with van der Waals surface area (Å²) in [5, 5.41) is 10.8. The van der Waals surface area contributed by atoms with Gasteiger partial charge in [-0.15, -0.1) is 13.2 Å². The lowest BCUT2D eigenvalue weighted by molar-refractivity contribution is 0.112. The van der Waals surface area contributed by atoms with E-state index < -0.39 is 6.10 Å². The molecular weight excluding hydrogens is 400 g/mol. The van der Waals surface area contributed by atoms with Gasteiger partial charge in [-0.3, -0.25) is 4.79 Å². The Balaban J connectivity index is 0.000000413. The molecule has 2 nitrogen and oxygen atoms in total. The average molecular weight is 427 g/mol. The van der Waals surface area contributed by atoms with Crippen LogP contribution in [0.1, 0.15) is 22.0 Å². The van der Waals surface area contributed by atoms with E-state index in [1.165, 1.54) is 0 Å². The van der Waals surface area contributed by atoms with Crippen LogP contribution in [0.15, 0.2) is 111 Å². The third-order valence-electron chi connectivity index (χ3n) is 3.35. The first-order valence-electron chi connectivity index (χ1n) is 8.46. The van der Waals surface area contributed by atoms with Gasteiger partial charge in [-0.05, 0) is 5.56 Å². The molecule has 0 saturated heterocycles. The summed E-state index contributed by atoms with van der Waals surface area (Å²) in [6.45, 7) is 10.8. The number of hydrogen-bond acceptors (Lipinski definition) is 2. The van der Waals surface area contributed by atoms with E-state index in [2.05, 4.69) is 35.7 Å². The third-order valence-corrected chi connectivity index (χ3v) is 3.72. The fraction of sp³-hybridized carbons (Fsp3) is 0.125. The number of halogens is 1. The molecule has 0 radical (unpaired) electrons. The highest BCUT2D eigenvalue weighted by Gasteiger charge is 2.13. The van der Waals surface area contributed by atoms with E-state index in [4.69, 9.17) is 0 Å². The minimum absolute atomic E-state index is 0.0811. The van der Waals surface area contributed by atoms with Gasteiger partial charge in [0.05, 0.1) is 6.10 Å². The third kappa shape index (κ3) is 11.7. The molecule has 0 saturated carbocycles. The van der Waals surface area contributed by atoms with Gasteiger partial charge < -0.3 is 5.11 Å². The summed E-state index contributed by atoms with van der Waals surface area (Å²) in [6, 6.07) is 18.6. The maximum Gasteiger partial charge on any atom is 0.150 e. The predicted molar refractivity (Wildman–Crippen MR) is 120 cm³/mol. The highest BCUT2D eigenvalue weighted by atomic mass is 79.9. The molecule has 2 aromatic rings. The summed E-state index contributed by atoms with van der Waals surface area (Å²) in [7, 11) is 0. The Labute approximate surface area is 171 Å². The second kappa shape index (κ2) is 17.0. The molecule has 0 fully saturated rings. The van der Waals surface area contributed by atoms with Gasteiger partial charge in [0.2, 0.25) is 0 Å². The first kappa shape index (κ1) is 24.5. The lowest BCUT2D eigenvalue weighted by Crippen LogP contribution is -2.06. The molecule has 3 heteroatoms. The summed E-state index contributed by atoms with van der Waals surface area (Å²) >= 11 is 3.22. The summed E-state index contributed by atoms with van der Waals surface area (Å²) in [5.41, 5.74) is 1.62. The van der Waals surface area contributed by atoms with Crippen molar-refractivity contribution in [3.63, 3.8) is 0 Å². The van der Waals surface area contributed by atoms with Crippen molar-refractivity contribution in [1.82, 2.24) is 0 Å². The van der Waals surface area contributed by atoms with Crippen molar-refractivity contribution in [2.45, 2.75) is 6.10 Å². The van der Waals surface area contributed by atoms with Crippen LogP contribution < -0.4 is 0 Å². The van der Waals surface area contributed by atoms with Crippen molar-refractivity contribution in [3.05, 3.63) is 122 Å². The molecular formula is C24H27BrO2. The molecule has 27 heavy (non-hydrogen) atoms. The summed E-state index contributed by atoms with van der Waals surface area (Å²) in [5.74, 6) is -0.0811. The molecule has 0 spiro atoms. The predicted octanol–water partition coefficient (Wildman–Crippen LogP) is 6.33. The number of carbonyl (C=O) groups excluding carboxylic acids is 1. The summed E-state index contributed by atoms with van der Waals surface area (Å²) < 4.78 is 0. The van der Waals surface area contributed by atoms with Crippen LogP contribution in [-0.2, 0) is 0 Å². The largest absolute Gasteiger partial charge is 0.387 e. The SMILES string of the molecule is C=C/C=C/CBr.C=CC(C=C)C(O)c1ccccc1.O=Cc1ccccc1. The van der Waals surface area contributed by atoms with Crippen LogP contribution in [0.4, 0.5) is 0 Å². The molecule has 0 aromatic heterocycles. The molecule has 1 atom stereocenters. The highest BCUT2D eigenvalue weighted by Crippen LogP contribution is 2.22. The second-order valence-electron chi connectivity index (χ2n) is 5.25. The number of alkyl halides is 1. The quantitative estimate of drug-likeness (QED) is 0.243. The first-order chi connectivity index (χ1) is 13.1. The lowest BCUT2D eigenvalue weighted by atomic mass is 9.96. The van der Waals surface area contributed by atoms with E-state index in [1.54, 1.807) is 30.4 Å². The van der Waals surface area contributed by atoms with Crippen LogP contribution in [0.25, 0.3) is 0 Å². The van der Waals surface area contributed by atoms with Crippen molar-refractivity contribution in [2.75, 3.05) is 5.33 Å². The van der Waals surface area contributed by atoms with E-state index in [9.17, 15) is 9.90 Å². The van der Waals surface area contributed by atoms with Crippen molar-refractivity contribution < 1.29 is 9.90 Å². The molecule has 0 heterocycles. The zero-order valence-electron chi connectivity index (χ0n) is 15.5. The number of aldehydes is 1. The molecule has 2 rings (SSSR count). The maximum absolute atomic E-state index is 10.0. The van der Waals surface area contributed by atoms with Gasteiger partial charge in [0.1, 0.15) is 6.29 Å². The molecule has 0 aliphatic carbocycles. The van der Waals surface area contributed by atoms with Gasteiger partial charge in [0.15, 0.2) is 0 Å². The maximum atomic E-state index is 10.0. The number of benzene rings is 2. The molecule has 142 valence electrons. The van der Waals surface area contributed by atoms with Crippen molar-refractivity contribution in [3.8, 4) is 0 Å². The van der Waals surface area contributed by atoms with Gasteiger partial charge >= 0.3 is 0 Å². The fourth-order valence-electron chi connectivity index (χ4n) is 1.91. The molecule has 1 N–H and O–H groups in total. The molecule has 0 aliphatic rings. The Morgan fingerprint density at radius 1 is 0.926 bits per heavy atom. The Morgan fingerprint density at radius 3 is 1.78 bits per heavy atom. The zero-order chi connectivity index (χ0) is 20.3. The smallest absolute Gasteiger partial charge is 0.150 e. The number of hydrogen-bond donors (Lipinski definition) is 1. The monoisotopic (exact) mass is 426 g/mol. The van der Waals surface area contributed by atoms with Gasteiger partial charge in [0.25, 0.3) is 0 Å². The van der Waals surface area contributed by atoms with Crippen LogP contribution in [0.2, 0.25) is 0 Å². The zero-order valence-corrected chi connectivity index (χ0v) is 17.0. The van der Waals surface area contributed by atoms with E-state index in [-0.39, 0.29) is 5.92 Å². The van der Waals surface area contributed by atoms with Crippen molar-refractivity contribution in [2.24, 2.45) is 5.92 Å². The molecule has 0 aliphatic heterocycles. The average Bonchev–Trinajstić information content (AvgIpc) is 2.75. The number of aliphatic hydroxyl groups excluding tert-OH is 1. The van der Waals surface area contributed by atoms with Gasteiger partial charge in [-0.2, -0.15) is 0 Å². The Kier molecular flexibility index (Phi) is 15.4. The van der Waals surface area contributed by atoms with Gasteiger partial charge in [0, 0.05) is 16.8 Å². The van der Waals surface area contributed by atoms with Crippen LogP contribution in [0.5, 0.6) is 0 Å². The minimum Gasteiger partial charge on any atom is -0.387 e. The lowest BCUT2D eigenvalue weighted by Gasteiger charge is -2.15. The summed E-state index contributed by atoms with van der Waals surface area (Å²) in [4.78, 5) is 10.0. The minimum atomic E-state index is -0.531. The molecule has 2 aromatic carbocycles. The fourth-order valence-corrected chi connectivity index (χ4v) is 2.12. The van der Waals surface area contributed by atoms with Gasteiger partial charge in [-0.1, -0.05) is 114 Å². The first-order valence-corrected chi connectivity index (χ1v) is 9.58. The second-order valence-corrected chi connectivity index (χ2v) is 5.90. The van der Waals surface area contributed by atoms with E-state index in [0.717, 1.165) is 22.7 Å². The van der Waals surface area contributed by atoms with Crippen LogP contribution in [0.3, 0.4) is 0 Å². The van der Waals surface area contributed by atoms with Crippen LogP contribution in [-0.4, -0.2) is 16.7 Å². The number of carbonyl (C=O) groups is 1. The molecule has 1 unspecified atom stereocenters. The van der Waals surface area contributed by atoms with E-state index in [1.807, 2.05) is 60.7 Å². The number of aliphatic hydroxyl groups is 1. The van der Waals surface area contributed by atoms with E-state index >= 15 is 0 Å². The highest BCUT2D eigenvalue weighted by molar-refractivity contribution is 9.09. The number of allylic oxidation sites excluding steroid dienone is 3. The van der Waals surface area contributed by atoms with Crippen LogP contribution >= 0.6 is 15.9 Å². The van der Waals surface area contributed by atoms with Crippen molar-refractivity contribution in [1.29, 1.82) is 0 Å². The molecule has 0 amide bonds. The Morgan fingerprint density at radius 2 is 1.44 bits per heavy atom. The summed E-state index contributed by atoms with van der Waals surface area (Å²) in [6.07, 6.45) is 9.33. The molecule has 0 bridgehead atoms. The van der Waals surface area contributed by atoms with E-state index in [0.29, 0.717) is 0 Å². The Bertz CT molecular complexity index is 670.